The molecule has 4 aromatic rings. The van der Waals surface area contributed by atoms with Gasteiger partial charge in [0.2, 0.25) is 0 Å². The molecule has 0 unspecified atom stereocenters. The molecule has 0 radical (unpaired) electrons. The van der Waals surface area contributed by atoms with Crippen molar-refractivity contribution in [3.05, 3.63) is 59.7 Å². The van der Waals surface area contributed by atoms with Crippen LogP contribution in [0.15, 0.2) is 54.0 Å². The lowest BCUT2D eigenvalue weighted by Crippen LogP contribution is -2.01. The number of nitrogens with zero attached hydrogens (tertiary/aromatic N) is 2. The Balaban J connectivity index is 1.99. The van der Waals surface area contributed by atoms with E-state index in [0.717, 1.165) is 22.0 Å². The van der Waals surface area contributed by atoms with Gasteiger partial charge in [0.1, 0.15) is 0 Å². The average molecular weight is 294 g/mol. The predicted octanol–water partition coefficient (Wildman–Crippen LogP) is 3.91. The first-order valence-electron chi connectivity index (χ1n) is 6.41. The van der Waals surface area contributed by atoms with E-state index in [2.05, 4.69) is 23.2 Å². The smallest absolute Gasteiger partial charge is 0.354 e. The van der Waals surface area contributed by atoms with Crippen LogP contribution in [0.25, 0.3) is 27.0 Å². The van der Waals surface area contributed by atoms with E-state index in [9.17, 15) is 9.90 Å². The first-order chi connectivity index (χ1) is 10.2. The molecule has 0 aliphatic heterocycles. The minimum atomic E-state index is -0.970. The van der Waals surface area contributed by atoms with Crippen LogP contribution in [-0.2, 0) is 0 Å². The zero-order valence-electron chi connectivity index (χ0n) is 10.9. The van der Waals surface area contributed by atoms with E-state index in [1.54, 1.807) is 4.40 Å². The topological polar surface area (TPSA) is 54.6 Å². The highest BCUT2D eigenvalue weighted by atomic mass is 32.1. The van der Waals surface area contributed by atoms with Crippen molar-refractivity contribution in [3.63, 3.8) is 0 Å². The maximum absolute atomic E-state index is 11.3. The number of aromatic carboxylic acids is 1. The Morgan fingerprint density at radius 3 is 2.76 bits per heavy atom. The van der Waals surface area contributed by atoms with Crippen LogP contribution in [-0.4, -0.2) is 20.5 Å². The third kappa shape index (κ3) is 1.82. The number of thiazole rings is 1. The van der Waals surface area contributed by atoms with Gasteiger partial charge in [-0.2, -0.15) is 0 Å². The van der Waals surface area contributed by atoms with Gasteiger partial charge < -0.3 is 5.11 Å². The maximum atomic E-state index is 11.3. The Bertz CT molecular complexity index is 984. The van der Waals surface area contributed by atoms with Gasteiger partial charge in [-0.25, -0.2) is 9.78 Å². The molecule has 1 N–H and O–H groups in total. The molecular weight excluding hydrogens is 284 g/mol. The number of carboxylic acid groups (broad SMARTS) is 1. The summed E-state index contributed by atoms with van der Waals surface area (Å²) in [6.07, 6.45) is 1.40. The van der Waals surface area contributed by atoms with Crippen LogP contribution in [0.1, 0.15) is 10.5 Å². The Hall–Kier alpha value is -2.66. The van der Waals surface area contributed by atoms with Crippen LogP contribution in [0.5, 0.6) is 0 Å². The number of aromatic nitrogens is 2. The van der Waals surface area contributed by atoms with Crippen LogP contribution in [0.3, 0.4) is 0 Å². The average Bonchev–Trinajstić information content (AvgIpc) is 3.08. The van der Waals surface area contributed by atoms with Crippen molar-refractivity contribution in [3.8, 4) is 11.3 Å². The molecule has 2 heterocycles. The summed E-state index contributed by atoms with van der Waals surface area (Å²) in [5.74, 6) is -0.970. The van der Waals surface area contributed by atoms with Crippen LogP contribution in [0.4, 0.5) is 0 Å². The molecule has 2 aromatic heterocycles. The van der Waals surface area contributed by atoms with Gasteiger partial charge in [-0.1, -0.05) is 36.4 Å². The third-order valence-corrected chi connectivity index (χ3v) is 4.35. The third-order valence-electron chi connectivity index (χ3n) is 3.51. The summed E-state index contributed by atoms with van der Waals surface area (Å²) in [7, 11) is 0. The van der Waals surface area contributed by atoms with Gasteiger partial charge in [-0.15, -0.1) is 11.3 Å². The summed E-state index contributed by atoms with van der Waals surface area (Å²) in [6.45, 7) is 0. The number of imidazole rings is 1. The summed E-state index contributed by atoms with van der Waals surface area (Å²) in [4.78, 5) is 16.2. The number of benzene rings is 2. The minimum absolute atomic E-state index is 0.189. The largest absolute Gasteiger partial charge is 0.477 e. The quantitative estimate of drug-likeness (QED) is 0.609. The molecule has 21 heavy (non-hydrogen) atoms. The number of carboxylic acids is 1. The van der Waals surface area contributed by atoms with Gasteiger partial charge in [-0.05, 0) is 16.8 Å². The van der Waals surface area contributed by atoms with Crippen molar-refractivity contribution >= 4 is 33.0 Å². The summed E-state index contributed by atoms with van der Waals surface area (Å²) in [5, 5.41) is 13.5. The van der Waals surface area contributed by atoms with E-state index in [1.807, 2.05) is 29.6 Å². The SMILES string of the molecule is O=C(O)c1cnc2scc(-c3ccc4ccccc4c3)n12. The second kappa shape index (κ2) is 4.43. The molecule has 102 valence electrons. The molecule has 0 spiro atoms. The molecule has 4 rings (SSSR count). The molecule has 0 saturated heterocycles. The molecule has 0 amide bonds. The van der Waals surface area contributed by atoms with Crippen LogP contribution >= 0.6 is 11.3 Å². The Labute approximate surface area is 123 Å². The van der Waals surface area contributed by atoms with Gasteiger partial charge in [0.15, 0.2) is 10.7 Å². The van der Waals surface area contributed by atoms with Crippen molar-refractivity contribution in [1.29, 1.82) is 0 Å². The molecule has 0 atom stereocenters. The fourth-order valence-corrected chi connectivity index (χ4v) is 3.38. The van der Waals surface area contributed by atoms with E-state index < -0.39 is 5.97 Å². The number of rotatable bonds is 2. The van der Waals surface area contributed by atoms with Gasteiger partial charge in [-0.3, -0.25) is 4.40 Å². The van der Waals surface area contributed by atoms with E-state index >= 15 is 0 Å². The van der Waals surface area contributed by atoms with Crippen molar-refractivity contribution in [2.45, 2.75) is 0 Å². The molecule has 2 aromatic carbocycles. The number of fused-ring (bicyclic) bond motifs is 2. The Kier molecular flexibility index (Phi) is 2.55. The molecule has 0 fully saturated rings. The molecule has 0 aliphatic carbocycles. The molecule has 5 heteroatoms. The highest BCUT2D eigenvalue weighted by molar-refractivity contribution is 7.15. The minimum Gasteiger partial charge on any atom is -0.477 e. The summed E-state index contributed by atoms with van der Waals surface area (Å²) >= 11 is 1.44. The molecular formula is C16H10N2O2S. The van der Waals surface area contributed by atoms with E-state index in [1.165, 1.54) is 17.5 Å². The standard InChI is InChI=1S/C16H10N2O2S/c19-15(20)13-8-17-16-18(13)14(9-21-16)12-6-5-10-3-1-2-4-11(10)7-12/h1-9H,(H,19,20). The monoisotopic (exact) mass is 294 g/mol. The number of carbonyl (C=O) groups is 1. The molecule has 4 nitrogen and oxygen atoms in total. The summed E-state index contributed by atoms with van der Waals surface area (Å²) in [6, 6.07) is 14.2. The highest BCUT2D eigenvalue weighted by Crippen LogP contribution is 2.29. The molecule has 0 bridgehead atoms. The lowest BCUT2D eigenvalue weighted by atomic mass is 10.1. The Morgan fingerprint density at radius 2 is 1.95 bits per heavy atom. The second-order valence-electron chi connectivity index (χ2n) is 4.75. The van der Waals surface area contributed by atoms with Gasteiger partial charge >= 0.3 is 5.97 Å². The van der Waals surface area contributed by atoms with E-state index in [0.29, 0.717) is 4.96 Å². The summed E-state index contributed by atoms with van der Waals surface area (Å²) < 4.78 is 1.69. The maximum Gasteiger partial charge on any atom is 0.354 e. The van der Waals surface area contributed by atoms with Crippen LogP contribution < -0.4 is 0 Å². The van der Waals surface area contributed by atoms with E-state index in [4.69, 9.17) is 0 Å². The predicted molar refractivity (Wildman–Crippen MR) is 83.0 cm³/mol. The van der Waals surface area contributed by atoms with Gasteiger partial charge in [0.05, 0.1) is 11.9 Å². The highest BCUT2D eigenvalue weighted by Gasteiger charge is 2.16. The Morgan fingerprint density at radius 1 is 1.14 bits per heavy atom. The molecule has 0 saturated carbocycles. The van der Waals surface area contributed by atoms with Crippen LogP contribution in [0, 0.1) is 0 Å². The van der Waals surface area contributed by atoms with E-state index in [-0.39, 0.29) is 5.69 Å². The first-order valence-corrected chi connectivity index (χ1v) is 7.29. The van der Waals surface area contributed by atoms with Gasteiger partial charge in [0, 0.05) is 10.9 Å². The first kappa shape index (κ1) is 12.1. The van der Waals surface area contributed by atoms with Crippen molar-refractivity contribution in [2.24, 2.45) is 0 Å². The van der Waals surface area contributed by atoms with Crippen molar-refractivity contribution in [2.75, 3.05) is 0 Å². The molecule has 0 aliphatic rings. The fourth-order valence-electron chi connectivity index (χ4n) is 2.51. The zero-order valence-corrected chi connectivity index (χ0v) is 11.7. The number of hydrogen-bond acceptors (Lipinski definition) is 3. The zero-order chi connectivity index (χ0) is 14.4. The van der Waals surface area contributed by atoms with Crippen molar-refractivity contribution in [1.82, 2.24) is 9.38 Å². The lowest BCUT2D eigenvalue weighted by Gasteiger charge is -2.04. The van der Waals surface area contributed by atoms with Gasteiger partial charge in [0.25, 0.3) is 0 Å². The lowest BCUT2D eigenvalue weighted by molar-refractivity contribution is 0.0689. The van der Waals surface area contributed by atoms with Crippen LogP contribution in [0.2, 0.25) is 0 Å². The normalized spacial score (nSPS) is 11.2. The fraction of sp³-hybridized carbons (Fsp3) is 0. The summed E-state index contributed by atoms with van der Waals surface area (Å²) in [5.41, 5.74) is 2.03. The second-order valence-corrected chi connectivity index (χ2v) is 5.59. The number of hydrogen-bond donors (Lipinski definition) is 1. The van der Waals surface area contributed by atoms with Crippen molar-refractivity contribution < 1.29 is 9.90 Å².